The van der Waals surface area contributed by atoms with Gasteiger partial charge in [-0.3, -0.25) is 24.1 Å². The molecule has 2 heterocycles. The molecule has 2 fully saturated rings. The summed E-state index contributed by atoms with van der Waals surface area (Å²) in [6.45, 7) is 11.9. The first-order valence-corrected chi connectivity index (χ1v) is 14.7. The van der Waals surface area contributed by atoms with Crippen molar-refractivity contribution in [3.05, 3.63) is 0 Å². The summed E-state index contributed by atoms with van der Waals surface area (Å²) in [6, 6.07) is -0.833. The van der Waals surface area contributed by atoms with E-state index in [-0.39, 0.29) is 30.8 Å². The van der Waals surface area contributed by atoms with Gasteiger partial charge in [0.25, 0.3) is 9.70 Å². The molecule has 0 aromatic carbocycles. The number of rotatable bonds is 11. The van der Waals surface area contributed by atoms with Crippen molar-refractivity contribution in [1.29, 1.82) is 5.26 Å². The summed E-state index contributed by atoms with van der Waals surface area (Å²) in [5, 5.41) is 17.8. The summed E-state index contributed by atoms with van der Waals surface area (Å²) in [6.07, 6.45) is 2.98. The molecule has 0 bridgehead atoms. The van der Waals surface area contributed by atoms with E-state index in [0.29, 0.717) is 19.4 Å². The predicted octanol–water partition coefficient (Wildman–Crippen LogP) is 2.51. The van der Waals surface area contributed by atoms with Crippen molar-refractivity contribution in [3.8, 4) is 6.07 Å². The van der Waals surface area contributed by atoms with E-state index in [1.54, 1.807) is 20.8 Å². The van der Waals surface area contributed by atoms with Crippen LogP contribution in [0.15, 0.2) is 0 Å². The van der Waals surface area contributed by atoms with E-state index in [0.717, 1.165) is 25.9 Å². The van der Waals surface area contributed by atoms with Gasteiger partial charge in [-0.05, 0) is 50.6 Å². The van der Waals surface area contributed by atoms with Crippen LogP contribution < -0.4 is 16.0 Å². The summed E-state index contributed by atoms with van der Waals surface area (Å²) in [7, 11) is 0. The fourth-order valence-electron chi connectivity index (χ4n) is 5.22. The fourth-order valence-corrected chi connectivity index (χ4v) is 5.38. The molecule has 2 rings (SSSR count). The first kappa shape index (κ1) is 33.4. The van der Waals surface area contributed by atoms with E-state index < -0.39 is 45.1 Å². The summed E-state index contributed by atoms with van der Waals surface area (Å²) in [5.41, 5.74) is -0.765. The number of carbonyl (C=O) groups is 4. The van der Waals surface area contributed by atoms with Gasteiger partial charge in [-0.25, -0.2) is 0 Å². The number of amides is 4. The van der Waals surface area contributed by atoms with Gasteiger partial charge in [-0.15, -0.1) is 0 Å². The largest absolute Gasteiger partial charge is 0.356 e. The molecule has 2 saturated heterocycles. The van der Waals surface area contributed by atoms with Crippen LogP contribution in [-0.2, 0) is 19.2 Å². The SMILES string of the molecule is CCCN(CCC)[C@@H]1C[C@@H](C(=O)NC(C#N)C[C@H]2CCNC2=O)N(C(=O)[C@@H](NC(=O)C(Cl)(Cl)Cl)C(C)(C)C)C1. The standard InChI is InChI=1S/C26H41Cl3N6O4/c1-6-10-34(11-7-2)18-13-19(22(37)32-17(14-30)12-16-8-9-31-21(16)36)35(15-18)23(38)20(25(3,4)5)33-24(39)26(27,28)29/h16-20H,6-13,15H2,1-5H3,(H,31,36)(H,32,37)(H,33,39)/t16-,17?,18-,19+,20-/m1/s1. The zero-order valence-corrected chi connectivity index (χ0v) is 25.6. The average Bonchev–Trinajstić information content (AvgIpc) is 3.46. The minimum absolute atomic E-state index is 0.0877. The zero-order valence-electron chi connectivity index (χ0n) is 23.4. The van der Waals surface area contributed by atoms with Crippen molar-refractivity contribution in [2.45, 2.75) is 94.7 Å². The van der Waals surface area contributed by atoms with Gasteiger partial charge in [0, 0.05) is 25.0 Å². The molecular weight excluding hydrogens is 567 g/mol. The Morgan fingerprint density at radius 1 is 1.15 bits per heavy atom. The summed E-state index contributed by atoms with van der Waals surface area (Å²) in [4.78, 5) is 55.9. The van der Waals surface area contributed by atoms with Crippen LogP contribution in [0.4, 0.5) is 0 Å². The lowest BCUT2D eigenvalue weighted by atomic mass is 9.85. The highest BCUT2D eigenvalue weighted by atomic mass is 35.6. The van der Waals surface area contributed by atoms with E-state index in [9.17, 15) is 24.4 Å². The maximum Gasteiger partial charge on any atom is 0.272 e. The Hall–Kier alpha value is -1.80. The third-order valence-electron chi connectivity index (χ3n) is 7.20. The van der Waals surface area contributed by atoms with Gasteiger partial charge in [0.2, 0.25) is 17.7 Å². The second-order valence-corrected chi connectivity index (χ2v) is 13.7. The number of carbonyl (C=O) groups excluding carboxylic acids is 4. The van der Waals surface area contributed by atoms with Crippen LogP contribution in [-0.4, -0.2) is 87.6 Å². The predicted molar refractivity (Wildman–Crippen MR) is 151 cm³/mol. The lowest BCUT2D eigenvalue weighted by molar-refractivity contribution is -0.144. The number of likely N-dealkylation sites (tertiary alicyclic amines) is 1. The molecule has 0 aliphatic carbocycles. The maximum atomic E-state index is 14.0. The van der Waals surface area contributed by atoms with Crippen LogP contribution in [0.25, 0.3) is 0 Å². The summed E-state index contributed by atoms with van der Waals surface area (Å²) < 4.78 is -2.26. The van der Waals surface area contributed by atoms with Crippen LogP contribution in [0.3, 0.4) is 0 Å². The molecule has 0 aromatic rings. The summed E-state index contributed by atoms with van der Waals surface area (Å²) in [5.74, 6) is -2.35. The third kappa shape index (κ3) is 9.10. The van der Waals surface area contributed by atoms with Crippen LogP contribution in [0.5, 0.6) is 0 Å². The van der Waals surface area contributed by atoms with Crippen LogP contribution in [0, 0.1) is 22.7 Å². The van der Waals surface area contributed by atoms with Crippen molar-refractivity contribution in [2.75, 3.05) is 26.2 Å². The molecule has 0 saturated carbocycles. The Kier molecular flexibility index (Phi) is 12.2. The smallest absolute Gasteiger partial charge is 0.272 e. The Morgan fingerprint density at radius 3 is 2.23 bits per heavy atom. The molecule has 4 amide bonds. The summed E-state index contributed by atoms with van der Waals surface area (Å²) >= 11 is 17.3. The first-order valence-electron chi connectivity index (χ1n) is 13.5. The van der Waals surface area contributed by atoms with Crippen LogP contribution >= 0.6 is 34.8 Å². The van der Waals surface area contributed by atoms with Crippen molar-refractivity contribution in [2.24, 2.45) is 11.3 Å². The van der Waals surface area contributed by atoms with Crippen molar-refractivity contribution >= 4 is 58.4 Å². The van der Waals surface area contributed by atoms with Gasteiger partial charge in [0.15, 0.2) is 0 Å². The zero-order chi connectivity index (χ0) is 29.5. The molecule has 10 nitrogen and oxygen atoms in total. The number of nitrogens with zero attached hydrogens (tertiary/aromatic N) is 3. The maximum absolute atomic E-state index is 14.0. The van der Waals surface area contributed by atoms with Gasteiger partial charge in [0.1, 0.15) is 18.1 Å². The molecule has 1 unspecified atom stereocenters. The Morgan fingerprint density at radius 2 is 1.77 bits per heavy atom. The minimum Gasteiger partial charge on any atom is -0.356 e. The molecule has 39 heavy (non-hydrogen) atoms. The molecule has 5 atom stereocenters. The van der Waals surface area contributed by atoms with Gasteiger partial charge in [-0.1, -0.05) is 69.4 Å². The second-order valence-electron chi connectivity index (χ2n) is 11.4. The lowest BCUT2D eigenvalue weighted by Gasteiger charge is -2.36. The molecule has 3 N–H and O–H groups in total. The minimum atomic E-state index is -2.26. The Balaban J connectivity index is 2.35. The number of alkyl halides is 3. The van der Waals surface area contributed by atoms with Crippen molar-refractivity contribution < 1.29 is 19.2 Å². The number of nitriles is 1. The molecule has 0 spiro atoms. The van der Waals surface area contributed by atoms with Gasteiger partial charge >= 0.3 is 0 Å². The Bertz CT molecular complexity index is 939. The van der Waals surface area contributed by atoms with Crippen molar-refractivity contribution in [3.63, 3.8) is 0 Å². The first-order chi connectivity index (χ1) is 18.1. The number of hydrogen-bond donors (Lipinski definition) is 3. The lowest BCUT2D eigenvalue weighted by Crippen LogP contribution is -2.59. The topological polar surface area (TPSA) is 135 Å². The number of halogens is 3. The molecule has 2 aliphatic rings. The highest BCUT2D eigenvalue weighted by Crippen LogP contribution is 2.31. The van der Waals surface area contributed by atoms with Crippen LogP contribution in [0.1, 0.15) is 66.7 Å². The highest BCUT2D eigenvalue weighted by molar-refractivity contribution is 6.76. The molecular formula is C26H41Cl3N6O4. The molecule has 13 heteroatoms. The van der Waals surface area contributed by atoms with Crippen LogP contribution in [0.2, 0.25) is 0 Å². The molecule has 220 valence electrons. The molecule has 0 radical (unpaired) electrons. The fraction of sp³-hybridized carbons (Fsp3) is 0.808. The van der Waals surface area contributed by atoms with E-state index >= 15 is 0 Å². The van der Waals surface area contributed by atoms with E-state index in [1.165, 1.54) is 4.90 Å². The average molecular weight is 608 g/mol. The quantitative estimate of drug-likeness (QED) is 0.309. The van der Waals surface area contributed by atoms with Gasteiger partial charge in [-0.2, -0.15) is 5.26 Å². The Labute approximate surface area is 246 Å². The monoisotopic (exact) mass is 606 g/mol. The third-order valence-corrected chi connectivity index (χ3v) is 7.72. The van der Waals surface area contributed by atoms with E-state index in [2.05, 4.69) is 40.8 Å². The van der Waals surface area contributed by atoms with Crippen molar-refractivity contribution in [1.82, 2.24) is 25.8 Å². The normalized spacial score (nSPS) is 23.2. The van der Waals surface area contributed by atoms with E-state index in [1.807, 2.05) is 0 Å². The molecule has 2 aliphatic heterocycles. The molecule has 0 aromatic heterocycles. The second kappa shape index (κ2) is 14.2. The van der Waals surface area contributed by atoms with Gasteiger partial charge < -0.3 is 20.9 Å². The van der Waals surface area contributed by atoms with Gasteiger partial charge in [0.05, 0.1) is 6.07 Å². The highest BCUT2D eigenvalue weighted by Gasteiger charge is 2.47. The van der Waals surface area contributed by atoms with E-state index in [4.69, 9.17) is 34.8 Å². The number of nitrogens with one attached hydrogen (secondary N) is 3. The number of hydrogen-bond acceptors (Lipinski definition) is 6.